The molecule has 7 heteroatoms. The van der Waals surface area contributed by atoms with Gasteiger partial charge in [0.2, 0.25) is 11.8 Å². The minimum absolute atomic E-state index is 0.0267. The summed E-state index contributed by atoms with van der Waals surface area (Å²) >= 11 is 3.35. The van der Waals surface area contributed by atoms with Crippen molar-refractivity contribution in [3.63, 3.8) is 0 Å². The van der Waals surface area contributed by atoms with Gasteiger partial charge in [0.1, 0.15) is 0 Å². The van der Waals surface area contributed by atoms with Crippen molar-refractivity contribution in [2.45, 2.75) is 13.3 Å². The van der Waals surface area contributed by atoms with Crippen molar-refractivity contribution in [1.29, 1.82) is 0 Å². The number of hydrogen-bond acceptors (Lipinski definition) is 3. The first-order valence-corrected chi connectivity index (χ1v) is 8.45. The van der Waals surface area contributed by atoms with Crippen LogP contribution in [-0.2, 0) is 9.59 Å². The minimum atomic E-state index is -0.479. The summed E-state index contributed by atoms with van der Waals surface area (Å²) < 4.78 is 19.5. The van der Waals surface area contributed by atoms with Gasteiger partial charge in [-0.3, -0.25) is 9.59 Å². The number of amides is 2. The summed E-state index contributed by atoms with van der Waals surface area (Å²) in [4.78, 5) is 23.6. The van der Waals surface area contributed by atoms with Crippen molar-refractivity contribution in [3.8, 4) is 5.75 Å². The molecular weight excluding hydrogens is 391 g/mol. The second kappa shape index (κ2) is 9.17. The van der Waals surface area contributed by atoms with E-state index in [9.17, 15) is 14.0 Å². The number of nitrogens with one attached hydrogen (secondary N) is 2. The molecule has 0 aromatic heterocycles. The molecular formula is C18H18BrFN2O3. The molecule has 0 aliphatic rings. The molecule has 0 unspecified atom stereocenters. The molecule has 0 saturated heterocycles. The van der Waals surface area contributed by atoms with Gasteiger partial charge in [-0.05, 0) is 42.8 Å². The molecule has 2 amide bonds. The van der Waals surface area contributed by atoms with Crippen LogP contribution in [0.2, 0.25) is 0 Å². The van der Waals surface area contributed by atoms with E-state index in [0.717, 1.165) is 10.0 Å². The van der Waals surface area contributed by atoms with Gasteiger partial charge in [0, 0.05) is 10.2 Å². The fourth-order valence-corrected chi connectivity index (χ4v) is 2.52. The van der Waals surface area contributed by atoms with Gasteiger partial charge in [-0.2, -0.15) is 0 Å². The van der Waals surface area contributed by atoms with E-state index < -0.39 is 5.82 Å². The predicted octanol–water partition coefficient (Wildman–Crippen LogP) is 3.42. The standard InChI is InChI=1S/C18H18BrFN2O3/c1-12-10-13(19)6-7-15(12)22-18(24)11-21-17(23)8-9-25-16-5-3-2-4-14(16)20/h2-7,10H,8-9,11H2,1H3,(H,21,23)(H,22,24). The second-order valence-electron chi connectivity index (χ2n) is 5.31. The molecule has 0 radical (unpaired) electrons. The number of para-hydroxylation sites is 1. The van der Waals surface area contributed by atoms with Crippen LogP contribution in [-0.4, -0.2) is 25.0 Å². The first-order chi connectivity index (χ1) is 12.0. The Morgan fingerprint density at radius 2 is 1.92 bits per heavy atom. The highest BCUT2D eigenvalue weighted by Crippen LogP contribution is 2.19. The molecule has 0 fully saturated rings. The average Bonchev–Trinajstić information content (AvgIpc) is 2.57. The Labute approximate surface area is 153 Å². The van der Waals surface area contributed by atoms with Crippen LogP contribution >= 0.6 is 15.9 Å². The van der Waals surface area contributed by atoms with E-state index in [2.05, 4.69) is 26.6 Å². The quantitative estimate of drug-likeness (QED) is 0.737. The number of hydrogen-bond donors (Lipinski definition) is 2. The predicted molar refractivity (Wildman–Crippen MR) is 97.0 cm³/mol. The van der Waals surface area contributed by atoms with Crippen molar-refractivity contribution in [2.75, 3.05) is 18.5 Å². The van der Waals surface area contributed by atoms with E-state index in [1.807, 2.05) is 19.1 Å². The third-order valence-corrected chi connectivity index (χ3v) is 3.83. The lowest BCUT2D eigenvalue weighted by molar-refractivity contribution is -0.124. The van der Waals surface area contributed by atoms with Crippen LogP contribution in [0.3, 0.4) is 0 Å². The molecule has 2 rings (SSSR count). The number of halogens is 2. The van der Waals surface area contributed by atoms with E-state index >= 15 is 0 Å². The van der Waals surface area contributed by atoms with Gasteiger partial charge >= 0.3 is 0 Å². The lowest BCUT2D eigenvalue weighted by atomic mass is 10.2. The molecule has 0 saturated carbocycles. The lowest BCUT2D eigenvalue weighted by Gasteiger charge is -2.10. The molecule has 0 aliphatic heterocycles. The fourth-order valence-electron chi connectivity index (χ4n) is 2.04. The van der Waals surface area contributed by atoms with Crippen LogP contribution in [0.25, 0.3) is 0 Å². The van der Waals surface area contributed by atoms with E-state index in [1.165, 1.54) is 12.1 Å². The molecule has 0 heterocycles. The first-order valence-electron chi connectivity index (χ1n) is 7.66. The van der Waals surface area contributed by atoms with Crippen molar-refractivity contribution < 1.29 is 18.7 Å². The van der Waals surface area contributed by atoms with Crippen LogP contribution in [0.15, 0.2) is 46.9 Å². The Bertz CT molecular complexity index is 768. The minimum Gasteiger partial charge on any atom is -0.490 e. The highest BCUT2D eigenvalue weighted by molar-refractivity contribution is 9.10. The SMILES string of the molecule is Cc1cc(Br)ccc1NC(=O)CNC(=O)CCOc1ccccc1F. The zero-order valence-electron chi connectivity index (χ0n) is 13.6. The molecule has 132 valence electrons. The Balaban J connectivity index is 1.70. The van der Waals surface area contributed by atoms with Crippen molar-refractivity contribution in [1.82, 2.24) is 5.32 Å². The molecule has 0 bridgehead atoms. The number of rotatable bonds is 7. The number of carbonyl (C=O) groups is 2. The monoisotopic (exact) mass is 408 g/mol. The second-order valence-corrected chi connectivity index (χ2v) is 6.23. The van der Waals surface area contributed by atoms with Crippen LogP contribution < -0.4 is 15.4 Å². The van der Waals surface area contributed by atoms with E-state index in [1.54, 1.807) is 18.2 Å². The maximum Gasteiger partial charge on any atom is 0.243 e. The van der Waals surface area contributed by atoms with Crippen molar-refractivity contribution in [3.05, 3.63) is 58.3 Å². The molecule has 2 N–H and O–H groups in total. The first kappa shape index (κ1) is 18.9. The highest BCUT2D eigenvalue weighted by atomic mass is 79.9. The highest BCUT2D eigenvalue weighted by Gasteiger charge is 2.08. The Hall–Kier alpha value is -2.41. The Morgan fingerprint density at radius 1 is 1.16 bits per heavy atom. The number of anilines is 1. The van der Waals surface area contributed by atoms with Gasteiger partial charge in [0.15, 0.2) is 11.6 Å². The van der Waals surface area contributed by atoms with Crippen LogP contribution in [0.1, 0.15) is 12.0 Å². The molecule has 2 aromatic rings. The van der Waals surface area contributed by atoms with Crippen molar-refractivity contribution in [2.24, 2.45) is 0 Å². The van der Waals surface area contributed by atoms with Gasteiger partial charge in [-0.25, -0.2) is 4.39 Å². The summed E-state index contributed by atoms with van der Waals surface area (Å²) in [7, 11) is 0. The number of aryl methyl sites for hydroxylation is 1. The number of ether oxygens (including phenoxy) is 1. The summed E-state index contributed by atoms with van der Waals surface area (Å²) in [5, 5.41) is 5.23. The summed E-state index contributed by atoms with van der Waals surface area (Å²) in [5.41, 5.74) is 1.60. The lowest BCUT2D eigenvalue weighted by Crippen LogP contribution is -2.33. The zero-order chi connectivity index (χ0) is 18.2. The molecule has 5 nitrogen and oxygen atoms in total. The zero-order valence-corrected chi connectivity index (χ0v) is 15.2. The number of benzene rings is 2. The third kappa shape index (κ3) is 6.19. The summed E-state index contributed by atoms with van der Waals surface area (Å²) in [6.07, 6.45) is 0.0267. The molecule has 2 aromatic carbocycles. The topological polar surface area (TPSA) is 67.4 Å². The smallest absolute Gasteiger partial charge is 0.243 e. The van der Waals surface area contributed by atoms with Gasteiger partial charge in [0.25, 0.3) is 0 Å². The molecule has 25 heavy (non-hydrogen) atoms. The maximum absolute atomic E-state index is 13.4. The Morgan fingerprint density at radius 3 is 2.64 bits per heavy atom. The normalized spacial score (nSPS) is 10.2. The Kier molecular flexibility index (Phi) is 6.94. The van der Waals surface area contributed by atoms with Gasteiger partial charge < -0.3 is 15.4 Å². The number of carbonyl (C=O) groups excluding carboxylic acids is 2. The average molecular weight is 409 g/mol. The van der Waals surface area contributed by atoms with E-state index in [0.29, 0.717) is 5.69 Å². The van der Waals surface area contributed by atoms with Gasteiger partial charge in [-0.1, -0.05) is 28.1 Å². The fraction of sp³-hybridized carbons (Fsp3) is 0.222. The summed E-state index contributed by atoms with van der Waals surface area (Å²) in [5.74, 6) is -1.06. The van der Waals surface area contributed by atoms with E-state index in [4.69, 9.17) is 4.74 Å². The maximum atomic E-state index is 13.4. The van der Waals surface area contributed by atoms with Crippen LogP contribution in [0.4, 0.5) is 10.1 Å². The largest absolute Gasteiger partial charge is 0.490 e. The van der Waals surface area contributed by atoms with Crippen LogP contribution in [0.5, 0.6) is 5.75 Å². The molecule has 0 spiro atoms. The summed E-state index contributed by atoms with van der Waals surface area (Å²) in [6, 6.07) is 11.5. The summed E-state index contributed by atoms with van der Waals surface area (Å²) in [6.45, 7) is 1.76. The van der Waals surface area contributed by atoms with Gasteiger partial charge in [0.05, 0.1) is 19.6 Å². The van der Waals surface area contributed by atoms with Crippen molar-refractivity contribution >= 4 is 33.4 Å². The van der Waals surface area contributed by atoms with Crippen LogP contribution in [0, 0.1) is 12.7 Å². The van der Waals surface area contributed by atoms with Gasteiger partial charge in [-0.15, -0.1) is 0 Å². The molecule has 0 atom stereocenters. The third-order valence-electron chi connectivity index (χ3n) is 3.33. The van der Waals surface area contributed by atoms with E-state index in [-0.39, 0.29) is 37.1 Å². The molecule has 0 aliphatic carbocycles.